The van der Waals surface area contributed by atoms with Gasteiger partial charge in [0.1, 0.15) is 24.4 Å². The highest BCUT2D eigenvalue weighted by molar-refractivity contribution is 8.17. The lowest BCUT2D eigenvalue weighted by atomic mass is 10.0. The Labute approximate surface area is 122 Å². The molecule has 3 N–H and O–H groups in total. The van der Waals surface area contributed by atoms with E-state index in [2.05, 4.69) is 0 Å². The molecule has 0 amide bonds. The van der Waals surface area contributed by atoms with Crippen LogP contribution in [0, 0.1) is 0 Å². The van der Waals surface area contributed by atoms with Crippen LogP contribution in [0.3, 0.4) is 0 Å². The summed E-state index contributed by atoms with van der Waals surface area (Å²) in [4.78, 5) is 0. The second-order valence-electron chi connectivity index (χ2n) is 5.27. The zero-order valence-corrected chi connectivity index (χ0v) is 12.8. The first-order chi connectivity index (χ1) is 8.94. The van der Waals surface area contributed by atoms with E-state index < -0.39 is 30.7 Å². The van der Waals surface area contributed by atoms with Crippen LogP contribution in [0.1, 0.15) is 20.3 Å². The maximum atomic E-state index is 10.1. The van der Waals surface area contributed by atoms with Gasteiger partial charge in [0.25, 0.3) is 0 Å². The largest absolute Gasteiger partial charge is 0.394 e. The fourth-order valence-electron chi connectivity index (χ4n) is 2.31. The molecule has 0 aromatic heterocycles. The molecule has 2 heterocycles. The van der Waals surface area contributed by atoms with Gasteiger partial charge in [-0.25, -0.2) is 0 Å². The van der Waals surface area contributed by atoms with E-state index in [1.54, 1.807) is 37.4 Å². The van der Waals surface area contributed by atoms with Gasteiger partial charge in [0.2, 0.25) is 0 Å². The molecular formula is C12H22O5S2. The molecule has 112 valence electrons. The summed E-state index contributed by atoms with van der Waals surface area (Å²) in [6.45, 7) is 3.12. The van der Waals surface area contributed by atoms with Crippen molar-refractivity contribution in [3.63, 3.8) is 0 Å². The van der Waals surface area contributed by atoms with E-state index in [1.807, 2.05) is 0 Å². The Morgan fingerprint density at radius 1 is 1.21 bits per heavy atom. The first kappa shape index (κ1) is 15.9. The number of ether oxygens (including phenoxy) is 2. The maximum Gasteiger partial charge on any atom is 0.163 e. The first-order valence-electron chi connectivity index (χ1n) is 6.50. The minimum absolute atomic E-state index is 0.195. The van der Waals surface area contributed by atoms with E-state index >= 15 is 0 Å². The molecule has 2 fully saturated rings. The van der Waals surface area contributed by atoms with Gasteiger partial charge in [0.15, 0.2) is 5.79 Å². The van der Waals surface area contributed by atoms with Crippen molar-refractivity contribution in [1.82, 2.24) is 0 Å². The summed E-state index contributed by atoms with van der Waals surface area (Å²) in [5, 5.41) is 28.7. The Kier molecular flexibility index (Phi) is 5.44. The topological polar surface area (TPSA) is 79.2 Å². The molecular weight excluding hydrogens is 288 g/mol. The lowest BCUT2D eigenvalue weighted by Gasteiger charge is -2.31. The number of rotatable bonds is 4. The van der Waals surface area contributed by atoms with Gasteiger partial charge in [-0.3, -0.25) is 0 Å². The van der Waals surface area contributed by atoms with Crippen LogP contribution in [-0.4, -0.2) is 68.2 Å². The SMILES string of the molecule is CC1(C)O[C@@H]([C@H](O)[C@H](O)CO)[C@H](C2SCCCS2)O1. The monoisotopic (exact) mass is 310 g/mol. The second-order valence-corrected chi connectivity index (χ2v) is 8.07. The molecule has 0 aromatic carbocycles. The highest BCUT2D eigenvalue weighted by atomic mass is 32.2. The Morgan fingerprint density at radius 2 is 1.84 bits per heavy atom. The van der Waals surface area contributed by atoms with E-state index in [-0.39, 0.29) is 10.7 Å². The molecule has 0 aromatic rings. The Bertz CT molecular complexity index is 284. The van der Waals surface area contributed by atoms with Crippen molar-refractivity contribution in [1.29, 1.82) is 0 Å². The van der Waals surface area contributed by atoms with Crippen LogP contribution in [0.15, 0.2) is 0 Å². The molecule has 19 heavy (non-hydrogen) atoms. The number of hydrogen-bond acceptors (Lipinski definition) is 7. The Balaban J connectivity index is 2.09. The maximum absolute atomic E-state index is 10.1. The third-order valence-corrected chi connectivity index (χ3v) is 6.26. The summed E-state index contributed by atoms with van der Waals surface area (Å²) in [5.41, 5.74) is 0. The summed E-state index contributed by atoms with van der Waals surface area (Å²) in [6.07, 6.45) is -2.06. The summed E-state index contributed by atoms with van der Waals surface area (Å²) in [6, 6.07) is 0. The third-order valence-electron chi connectivity index (χ3n) is 3.20. The van der Waals surface area contributed by atoms with Crippen molar-refractivity contribution >= 4 is 23.5 Å². The first-order valence-corrected chi connectivity index (χ1v) is 8.60. The van der Waals surface area contributed by atoms with E-state index in [9.17, 15) is 10.2 Å². The standard InChI is InChI=1S/C12H22O5S2/c1-12(2)16-9(8(15)7(14)6-13)10(17-12)11-18-4-3-5-19-11/h7-11,13-15H,3-6H2,1-2H3/t7-,8-,9+,10-/m1/s1. The number of aliphatic hydroxyl groups excluding tert-OH is 3. The highest BCUT2D eigenvalue weighted by Gasteiger charge is 2.50. The van der Waals surface area contributed by atoms with Crippen molar-refractivity contribution in [3.05, 3.63) is 0 Å². The van der Waals surface area contributed by atoms with Crippen molar-refractivity contribution in [2.24, 2.45) is 0 Å². The lowest BCUT2D eigenvalue weighted by Crippen LogP contribution is -2.47. The van der Waals surface area contributed by atoms with Crippen LogP contribution in [0.5, 0.6) is 0 Å². The van der Waals surface area contributed by atoms with Gasteiger partial charge in [-0.05, 0) is 31.8 Å². The normalized spacial score (nSPS) is 35.2. The van der Waals surface area contributed by atoms with Gasteiger partial charge in [0, 0.05) is 0 Å². The minimum atomic E-state index is -1.21. The number of thioether (sulfide) groups is 2. The van der Waals surface area contributed by atoms with Crippen LogP contribution in [0.4, 0.5) is 0 Å². The number of aliphatic hydroxyl groups is 3. The number of hydrogen-bond donors (Lipinski definition) is 3. The van der Waals surface area contributed by atoms with Gasteiger partial charge in [0.05, 0.1) is 11.2 Å². The predicted molar refractivity (Wildman–Crippen MR) is 76.2 cm³/mol. The van der Waals surface area contributed by atoms with Crippen molar-refractivity contribution in [2.45, 2.75) is 55.1 Å². The molecule has 2 aliphatic rings. The fourth-order valence-corrected chi connectivity index (χ4v) is 5.35. The Morgan fingerprint density at radius 3 is 2.42 bits per heavy atom. The summed E-state index contributed by atoms with van der Waals surface area (Å²) < 4.78 is 11.8. The second kappa shape index (κ2) is 6.51. The van der Waals surface area contributed by atoms with E-state index in [0.29, 0.717) is 0 Å². The molecule has 2 saturated heterocycles. The molecule has 0 unspecified atom stereocenters. The molecule has 2 rings (SSSR count). The van der Waals surface area contributed by atoms with Gasteiger partial charge in [-0.15, -0.1) is 23.5 Å². The molecule has 0 aliphatic carbocycles. The smallest absolute Gasteiger partial charge is 0.163 e. The summed E-state index contributed by atoms with van der Waals surface area (Å²) in [7, 11) is 0. The van der Waals surface area contributed by atoms with Crippen molar-refractivity contribution < 1.29 is 24.8 Å². The molecule has 2 aliphatic heterocycles. The highest BCUT2D eigenvalue weighted by Crippen LogP contribution is 2.42. The van der Waals surface area contributed by atoms with Gasteiger partial charge < -0.3 is 24.8 Å². The van der Waals surface area contributed by atoms with Crippen LogP contribution in [-0.2, 0) is 9.47 Å². The van der Waals surface area contributed by atoms with Gasteiger partial charge in [-0.1, -0.05) is 0 Å². The van der Waals surface area contributed by atoms with Crippen LogP contribution >= 0.6 is 23.5 Å². The quantitative estimate of drug-likeness (QED) is 0.694. The minimum Gasteiger partial charge on any atom is -0.394 e. The molecule has 0 spiro atoms. The Hall–Kier alpha value is 0.500. The third kappa shape index (κ3) is 3.78. The average molecular weight is 310 g/mol. The van der Waals surface area contributed by atoms with Crippen molar-refractivity contribution in [2.75, 3.05) is 18.1 Å². The molecule has 0 bridgehead atoms. The predicted octanol–water partition coefficient (Wildman–Crippen LogP) is 0.417. The zero-order chi connectivity index (χ0) is 14.0. The van der Waals surface area contributed by atoms with Crippen LogP contribution < -0.4 is 0 Å². The van der Waals surface area contributed by atoms with E-state index in [1.165, 1.54) is 6.42 Å². The van der Waals surface area contributed by atoms with Crippen LogP contribution in [0.25, 0.3) is 0 Å². The molecule has 0 saturated carbocycles. The van der Waals surface area contributed by atoms with Gasteiger partial charge in [-0.2, -0.15) is 0 Å². The lowest BCUT2D eigenvalue weighted by molar-refractivity contribution is -0.164. The van der Waals surface area contributed by atoms with E-state index in [0.717, 1.165) is 11.5 Å². The average Bonchev–Trinajstić information content (AvgIpc) is 2.74. The fraction of sp³-hybridized carbons (Fsp3) is 1.00. The van der Waals surface area contributed by atoms with Gasteiger partial charge >= 0.3 is 0 Å². The molecule has 7 heteroatoms. The molecule has 5 nitrogen and oxygen atoms in total. The van der Waals surface area contributed by atoms with Crippen molar-refractivity contribution in [3.8, 4) is 0 Å². The van der Waals surface area contributed by atoms with E-state index in [4.69, 9.17) is 14.6 Å². The van der Waals surface area contributed by atoms with Crippen LogP contribution in [0.2, 0.25) is 0 Å². The zero-order valence-electron chi connectivity index (χ0n) is 11.2. The molecule has 4 atom stereocenters. The summed E-state index contributed by atoms with van der Waals surface area (Å²) in [5.74, 6) is 1.37. The molecule has 0 radical (unpaired) electrons. The summed E-state index contributed by atoms with van der Waals surface area (Å²) >= 11 is 3.61.